The first-order valence-electron chi connectivity index (χ1n) is 6.95. The number of aliphatic imine (C=N–C) groups is 1. The molecule has 8 heteroatoms. The number of hydrogen-bond donors (Lipinski definition) is 1. The van der Waals surface area contributed by atoms with Gasteiger partial charge in [-0.1, -0.05) is 6.07 Å². The molecule has 1 N–H and O–H groups in total. The summed E-state index contributed by atoms with van der Waals surface area (Å²) < 4.78 is 5.13. The molecule has 0 aliphatic carbocycles. The van der Waals surface area contributed by atoms with E-state index >= 15 is 0 Å². The Morgan fingerprint density at radius 2 is 2.13 bits per heavy atom. The Labute approximate surface area is 158 Å². The Bertz CT molecular complexity index is 646. The average molecular weight is 447 g/mol. The fourth-order valence-corrected chi connectivity index (χ4v) is 2.63. The summed E-state index contributed by atoms with van der Waals surface area (Å²) in [5.74, 6) is 1.41. The summed E-state index contributed by atoms with van der Waals surface area (Å²) >= 11 is 1.66. The number of pyridine rings is 1. The number of halogens is 1. The highest BCUT2D eigenvalue weighted by Crippen LogP contribution is 2.10. The number of guanidine groups is 1. The van der Waals surface area contributed by atoms with E-state index in [1.807, 2.05) is 37.1 Å². The zero-order valence-electron chi connectivity index (χ0n) is 13.7. The summed E-state index contributed by atoms with van der Waals surface area (Å²) in [7, 11) is 5.37. The second-order valence-corrected chi connectivity index (χ2v) is 5.85. The summed E-state index contributed by atoms with van der Waals surface area (Å²) in [5.41, 5.74) is 1.95. The van der Waals surface area contributed by atoms with E-state index in [0.717, 1.165) is 28.9 Å². The van der Waals surface area contributed by atoms with Gasteiger partial charge in [-0.15, -0.1) is 35.3 Å². The molecule has 0 bridgehead atoms. The Balaban J connectivity index is 0.00000264. The molecule has 0 unspecified atom stereocenters. The first-order valence-corrected chi connectivity index (χ1v) is 7.83. The monoisotopic (exact) mass is 447 g/mol. The lowest BCUT2D eigenvalue weighted by Crippen LogP contribution is -2.38. The lowest BCUT2D eigenvalue weighted by Gasteiger charge is -2.21. The molecule has 0 radical (unpaired) electrons. The summed E-state index contributed by atoms with van der Waals surface area (Å²) in [6, 6.07) is 5.70. The van der Waals surface area contributed by atoms with Crippen LogP contribution in [0, 0.1) is 6.92 Å². The van der Waals surface area contributed by atoms with Gasteiger partial charge in [-0.2, -0.15) is 0 Å². The third-order valence-corrected chi connectivity index (χ3v) is 3.88. The number of nitrogens with zero attached hydrogens (tertiary/aromatic N) is 4. The van der Waals surface area contributed by atoms with Gasteiger partial charge in [0.25, 0.3) is 0 Å². The smallest absolute Gasteiger partial charge is 0.213 e. The molecule has 2 rings (SSSR count). The molecule has 2 aromatic rings. The minimum absolute atomic E-state index is 0. The molecule has 126 valence electrons. The molecule has 0 aromatic carbocycles. The molecular weight excluding hydrogens is 425 g/mol. The summed E-state index contributed by atoms with van der Waals surface area (Å²) in [6.45, 7) is 3.32. The highest BCUT2D eigenvalue weighted by molar-refractivity contribution is 14.0. The largest absolute Gasteiger partial charge is 0.481 e. The number of aromatic nitrogens is 2. The maximum absolute atomic E-state index is 5.13. The standard InChI is InChI=1S/C15H21N5OS.HI/c1-11-18-13(10-22-11)9-20(3)15(16-2)17-8-12-6-5-7-14(19-12)21-4;/h5-7,10H,8-9H2,1-4H3,(H,16,17);1H. The normalized spacial score (nSPS) is 10.9. The molecule has 0 aliphatic rings. The Kier molecular flexibility index (Phi) is 8.24. The number of thiazole rings is 1. The zero-order valence-corrected chi connectivity index (χ0v) is 16.9. The van der Waals surface area contributed by atoms with E-state index in [2.05, 4.69) is 25.7 Å². The maximum atomic E-state index is 5.13. The van der Waals surface area contributed by atoms with Gasteiger partial charge in [0.05, 0.1) is 36.6 Å². The van der Waals surface area contributed by atoms with Crippen LogP contribution in [0.15, 0.2) is 28.6 Å². The lowest BCUT2D eigenvalue weighted by atomic mass is 10.3. The van der Waals surface area contributed by atoms with E-state index in [9.17, 15) is 0 Å². The average Bonchev–Trinajstić information content (AvgIpc) is 2.93. The van der Waals surface area contributed by atoms with Gasteiger partial charge >= 0.3 is 0 Å². The number of hydrogen-bond acceptors (Lipinski definition) is 5. The fraction of sp³-hybridized carbons (Fsp3) is 0.400. The number of methoxy groups -OCH3 is 1. The minimum Gasteiger partial charge on any atom is -0.481 e. The van der Waals surface area contributed by atoms with Gasteiger partial charge in [-0.25, -0.2) is 9.97 Å². The number of nitrogens with one attached hydrogen (secondary N) is 1. The van der Waals surface area contributed by atoms with Crippen LogP contribution in [-0.2, 0) is 13.1 Å². The molecular formula is C15H22IN5OS. The van der Waals surface area contributed by atoms with Crippen molar-refractivity contribution in [2.45, 2.75) is 20.0 Å². The second-order valence-electron chi connectivity index (χ2n) is 4.79. The Hall–Kier alpha value is -1.42. The van der Waals surface area contributed by atoms with Gasteiger partial charge in [0.15, 0.2) is 5.96 Å². The van der Waals surface area contributed by atoms with Crippen LogP contribution in [-0.4, -0.2) is 42.0 Å². The van der Waals surface area contributed by atoms with E-state index in [-0.39, 0.29) is 24.0 Å². The molecule has 0 amide bonds. The molecule has 0 saturated heterocycles. The summed E-state index contributed by atoms with van der Waals surface area (Å²) in [5, 5.41) is 6.45. The highest BCUT2D eigenvalue weighted by atomic mass is 127. The van der Waals surface area contributed by atoms with E-state index in [0.29, 0.717) is 12.4 Å². The zero-order chi connectivity index (χ0) is 15.9. The third-order valence-electron chi connectivity index (χ3n) is 3.06. The predicted octanol–water partition coefficient (Wildman–Crippen LogP) is 2.68. The molecule has 0 spiro atoms. The van der Waals surface area contributed by atoms with Crippen molar-refractivity contribution in [3.8, 4) is 5.88 Å². The van der Waals surface area contributed by atoms with Crippen LogP contribution in [0.5, 0.6) is 5.88 Å². The van der Waals surface area contributed by atoms with Crippen molar-refractivity contribution in [3.63, 3.8) is 0 Å². The molecule has 0 aliphatic heterocycles. The van der Waals surface area contributed by atoms with E-state index < -0.39 is 0 Å². The molecule has 0 atom stereocenters. The maximum Gasteiger partial charge on any atom is 0.213 e. The number of ether oxygens (including phenoxy) is 1. The Morgan fingerprint density at radius 1 is 1.35 bits per heavy atom. The molecule has 0 saturated carbocycles. The van der Waals surface area contributed by atoms with Gasteiger partial charge in [0.1, 0.15) is 0 Å². The van der Waals surface area contributed by atoms with Crippen molar-refractivity contribution in [2.24, 2.45) is 4.99 Å². The van der Waals surface area contributed by atoms with Gasteiger partial charge < -0.3 is 15.0 Å². The number of rotatable bonds is 5. The Morgan fingerprint density at radius 3 is 2.74 bits per heavy atom. The van der Waals surface area contributed by atoms with Crippen molar-refractivity contribution in [1.29, 1.82) is 0 Å². The quantitative estimate of drug-likeness (QED) is 0.434. The van der Waals surface area contributed by atoms with Gasteiger partial charge in [-0.05, 0) is 13.0 Å². The van der Waals surface area contributed by atoms with Crippen molar-refractivity contribution < 1.29 is 4.74 Å². The van der Waals surface area contributed by atoms with Crippen LogP contribution in [0.4, 0.5) is 0 Å². The molecule has 23 heavy (non-hydrogen) atoms. The van der Waals surface area contributed by atoms with Crippen molar-refractivity contribution in [2.75, 3.05) is 21.2 Å². The van der Waals surface area contributed by atoms with Crippen LogP contribution in [0.1, 0.15) is 16.4 Å². The third kappa shape index (κ3) is 5.94. The van der Waals surface area contributed by atoms with E-state index in [1.165, 1.54) is 0 Å². The molecule has 0 fully saturated rings. The van der Waals surface area contributed by atoms with E-state index in [1.54, 1.807) is 25.5 Å². The van der Waals surface area contributed by atoms with Gasteiger partial charge in [0, 0.05) is 25.5 Å². The fourth-order valence-electron chi connectivity index (χ4n) is 2.02. The number of aryl methyl sites for hydroxylation is 1. The first kappa shape index (κ1) is 19.6. The van der Waals surface area contributed by atoms with Crippen LogP contribution in [0.2, 0.25) is 0 Å². The SMILES string of the molecule is CN=C(NCc1cccc(OC)n1)N(C)Cc1csc(C)n1.I. The topological polar surface area (TPSA) is 62.6 Å². The van der Waals surface area contributed by atoms with Crippen molar-refractivity contribution in [1.82, 2.24) is 20.2 Å². The summed E-state index contributed by atoms with van der Waals surface area (Å²) in [6.07, 6.45) is 0. The van der Waals surface area contributed by atoms with Crippen molar-refractivity contribution in [3.05, 3.63) is 40.0 Å². The minimum atomic E-state index is 0. The van der Waals surface area contributed by atoms with Crippen molar-refractivity contribution >= 4 is 41.3 Å². The summed E-state index contributed by atoms with van der Waals surface area (Å²) in [4.78, 5) is 15.2. The molecule has 6 nitrogen and oxygen atoms in total. The van der Waals surface area contributed by atoms with Crippen LogP contribution < -0.4 is 10.1 Å². The molecule has 2 heterocycles. The van der Waals surface area contributed by atoms with E-state index in [4.69, 9.17) is 4.74 Å². The first-order chi connectivity index (χ1) is 10.6. The van der Waals surface area contributed by atoms with Crippen LogP contribution in [0.25, 0.3) is 0 Å². The van der Waals surface area contributed by atoms with Gasteiger partial charge in [0.2, 0.25) is 5.88 Å². The molecule has 2 aromatic heterocycles. The van der Waals surface area contributed by atoms with Gasteiger partial charge in [-0.3, -0.25) is 4.99 Å². The predicted molar refractivity (Wildman–Crippen MR) is 105 cm³/mol. The highest BCUT2D eigenvalue weighted by Gasteiger charge is 2.09. The van der Waals surface area contributed by atoms with Crippen LogP contribution in [0.3, 0.4) is 0 Å². The second kappa shape index (κ2) is 9.66. The lowest BCUT2D eigenvalue weighted by molar-refractivity contribution is 0.396. The van der Waals surface area contributed by atoms with Crippen LogP contribution >= 0.6 is 35.3 Å².